The van der Waals surface area contributed by atoms with Crippen LogP contribution in [0.2, 0.25) is 0 Å². The Morgan fingerprint density at radius 1 is 0.933 bits per heavy atom. The number of Topliss-reactive ketones (excluding diaryl/α,β-unsaturated/α-hetero) is 1. The lowest BCUT2D eigenvalue weighted by Gasteiger charge is -2.18. The van der Waals surface area contributed by atoms with Gasteiger partial charge in [-0.2, -0.15) is 4.31 Å². The first-order valence-corrected chi connectivity index (χ1v) is 11.3. The van der Waals surface area contributed by atoms with Crippen LogP contribution >= 0.6 is 0 Å². The number of benzene rings is 2. The molecule has 2 aromatic rings. The zero-order chi connectivity index (χ0) is 22.1. The number of carbonyl (C=O) groups excluding carboxylic acids is 2. The van der Waals surface area contributed by atoms with Crippen molar-refractivity contribution in [2.45, 2.75) is 32.1 Å². The number of hydrogen-bond donors (Lipinski definition) is 0. The predicted octanol–water partition coefficient (Wildman–Crippen LogP) is 3.72. The summed E-state index contributed by atoms with van der Waals surface area (Å²) in [6.45, 7) is 6.06. The number of ether oxygens (including phenoxy) is 1. The van der Waals surface area contributed by atoms with Crippen molar-refractivity contribution >= 4 is 27.9 Å². The highest BCUT2D eigenvalue weighted by molar-refractivity contribution is 7.89. The Bertz CT molecular complexity index is 989. The first kappa shape index (κ1) is 23.5. The van der Waals surface area contributed by atoms with E-state index in [4.69, 9.17) is 4.74 Å². The van der Waals surface area contributed by atoms with Gasteiger partial charge in [0.2, 0.25) is 10.0 Å². The molecule has 0 aliphatic rings. The van der Waals surface area contributed by atoms with Gasteiger partial charge < -0.3 is 4.74 Å². The van der Waals surface area contributed by atoms with Crippen molar-refractivity contribution < 1.29 is 22.7 Å². The molecule has 0 heterocycles. The van der Waals surface area contributed by atoms with Crippen LogP contribution in [0.25, 0.3) is 6.08 Å². The Morgan fingerprint density at radius 2 is 1.53 bits per heavy atom. The maximum Gasteiger partial charge on any atom is 0.331 e. The molecule has 2 aromatic carbocycles. The van der Waals surface area contributed by atoms with Crippen LogP contribution in [0, 0.1) is 0 Å². The van der Waals surface area contributed by atoms with Gasteiger partial charge in [0.1, 0.15) is 0 Å². The molecule has 30 heavy (non-hydrogen) atoms. The molecule has 0 unspecified atom stereocenters. The number of sulfonamides is 1. The number of esters is 1. The molecule has 160 valence electrons. The highest BCUT2D eigenvalue weighted by atomic mass is 32.2. The van der Waals surface area contributed by atoms with Crippen LogP contribution in [0.4, 0.5) is 0 Å². The van der Waals surface area contributed by atoms with Crippen LogP contribution in [0.3, 0.4) is 0 Å². The third-order valence-corrected chi connectivity index (χ3v) is 6.73. The molecule has 2 rings (SSSR count). The molecule has 7 heteroatoms. The molecule has 0 aromatic heterocycles. The molecule has 0 saturated heterocycles. The Labute approximate surface area is 178 Å². The van der Waals surface area contributed by atoms with Crippen molar-refractivity contribution in [1.82, 2.24) is 4.31 Å². The van der Waals surface area contributed by atoms with E-state index in [1.807, 2.05) is 19.1 Å². The van der Waals surface area contributed by atoms with E-state index in [-0.39, 0.29) is 17.3 Å². The standard InChI is InChI=1S/C23H27NO5S/c1-4-18-7-12-20(13-8-18)22(25)17-29-23(26)16-11-19-9-14-21(15-10-19)30(27,28)24(5-2)6-3/h7-16H,4-6,17H2,1-3H3/b16-11+. The summed E-state index contributed by atoms with van der Waals surface area (Å²) in [5.74, 6) is -0.918. The van der Waals surface area contributed by atoms with E-state index in [9.17, 15) is 18.0 Å². The average molecular weight is 430 g/mol. The van der Waals surface area contributed by atoms with Gasteiger partial charge in [-0.15, -0.1) is 0 Å². The third kappa shape index (κ3) is 6.11. The van der Waals surface area contributed by atoms with Crippen molar-refractivity contribution in [3.05, 3.63) is 71.3 Å². The molecule has 6 nitrogen and oxygen atoms in total. The number of carbonyl (C=O) groups is 2. The molecular formula is C23H27NO5S. The van der Waals surface area contributed by atoms with Gasteiger partial charge in [-0.25, -0.2) is 13.2 Å². The van der Waals surface area contributed by atoms with Crippen LogP contribution in [0.5, 0.6) is 0 Å². The van der Waals surface area contributed by atoms with Gasteiger partial charge in [-0.1, -0.05) is 57.2 Å². The number of hydrogen-bond acceptors (Lipinski definition) is 5. The smallest absolute Gasteiger partial charge is 0.331 e. The zero-order valence-corrected chi connectivity index (χ0v) is 18.3. The molecular weight excluding hydrogens is 402 g/mol. The van der Waals surface area contributed by atoms with Crippen molar-refractivity contribution in [3.8, 4) is 0 Å². The number of ketones is 1. The van der Waals surface area contributed by atoms with E-state index in [0.29, 0.717) is 24.2 Å². The summed E-state index contributed by atoms with van der Waals surface area (Å²) in [4.78, 5) is 24.2. The molecule has 0 aliphatic carbocycles. The fourth-order valence-electron chi connectivity index (χ4n) is 2.82. The molecule has 0 atom stereocenters. The molecule has 0 radical (unpaired) electrons. The molecule has 0 amide bonds. The summed E-state index contributed by atoms with van der Waals surface area (Å²) in [6, 6.07) is 13.4. The van der Waals surface area contributed by atoms with Gasteiger partial charge in [-0.05, 0) is 35.8 Å². The van der Waals surface area contributed by atoms with Gasteiger partial charge in [0.15, 0.2) is 12.4 Å². The lowest BCUT2D eigenvalue weighted by molar-refractivity contribution is -0.136. The second kappa shape index (κ2) is 10.8. The van der Waals surface area contributed by atoms with E-state index in [1.54, 1.807) is 38.1 Å². The Kier molecular flexibility index (Phi) is 8.50. The largest absolute Gasteiger partial charge is 0.454 e. The summed E-state index contributed by atoms with van der Waals surface area (Å²) in [6.07, 6.45) is 3.61. The zero-order valence-electron chi connectivity index (χ0n) is 17.5. The quantitative estimate of drug-likeness (QED) is 0.327. The number of nitrogens with zero attached hydrogens (tertiary/aromatic N) is 1. The minimum absolute atomic E-state index is 0.200. The Hall–Kier alpha value is -2.77. The molecule has 0 N–H and O–H groups in total. The summed E-state index contributed by atoms with van der Waals surface area (Å²) in [7, 11) is -3.52. The van der Waals surface area contributed by atoms with Crippen LogP contribution in [0.1, 0.15) is 42.3 Å². The van der Waals surface area contributed by atoms with Crippen molar-refractivity contribution in [2.75, 3.05) is 19.7 Å². The second-order valence-electron chi connectivity index (χ2n) is 6.57. The average Bonchev–Trinajstić information content (AvgIpc) is 2.77. The van der Waals surface area contributed by atoms with Crippen LogP contribution in [-0.4, -0.2) is 44.2 Å². The lowest BCUT2D eigenvalue weighted by atomic mass is 10.1. The van der Waals surface area contributed by atoms with Crippen LogP contribution in [-0.2, 0) is 26.0 Å². The first-order valence-electron chi connectivity index (χ1n) is 9.89. The normalized spacial score (nSPS) is 11.7. The van der Waals surface area contributed by atoms with Gasteiger partial charge in [-0.3, -0.25) is 4.79 Å². The van der Waals surface area contributed by atoms with E-state index < -0.39 is 16.0 Å². The minimum atomic E-state index is -3.52. The minimum Gasteiger partial charge on any atom is -0.454 e. The van der Waals surface area contributed by atoms with Gasteiger partial charge in [0.25, 0.3) is 0 Å². The molecule has 0 fully saturated rings. The maximum atomic E-state index is 12.5. The van der Waals surface area contributed by atoms with E-state index in [0.717, 1.165) is 12.0 Å². The van der Waals surface area contributed by atoms with Gasteiger partial charge in [0.05, 0.1) is 4.90 Å². The van der Waals surface area contributed by atoms with E-state index >= 15 is 0 Å². The lowest BCUT2D eigenvalue weighted by Crippen LogP contribution is -2.30. The number of aryl methyl sites for hydroxylation is 1. The van der Waals surface area contributed by atoms with E-state index in [1.165, 1.54) is 28.6 Å². The molecule has 0 saturated carbocycles. The van der Waals surface area contributed by atoms with E-state index in [2.05, 4.69) is 0 Å². The fourth-order valence-corrected chi connectivity index (χ4v) is 4.28. The Balaban J connectivity index is 1.93. The highest BCUT2D eigenvalue weighted by Gasteiger charge is 2.20. The predicted molar refractivity (Wildman–Crippen MR) is 117 cm³/mol. The SMILES string of the molecule is CCc1ccc(C(=O)COC(=O)/C=C/c2ccc(S(=O)(=O)N(CC)CC)cc2)cc1. The first-order chi connectivity index (χ1) is 14.3. The molecule has 0 bridgehead atoms. The second-order valence-corrected chi connectivity index (χ2v) is 8.51. The van der Waals surface area contributed by atoms with Crippen molar-refractivity contribution in [1.29, 1.82) is 0 Å². The van der Waals surface area contributed by atoms with Gasteiger partial charge >= 0.3 is 5.97 Å². The van der Waals surface area contributed by atoms with Crippen molar-refractivity contribution in [3.63, 3.8) is 0 Å². The highest BCUT2D eigenvalue weighted by Crippen LogP contribution is 2.16. The maximum absolute atomic E-state index is 12.5. The summed E-state index contributed by atoms with van der Waals surface area (Å²) >= 11 is 0. The Morgan fingerprint density at radius 3 is 2.07 bits per heavy atom. The van der Waals surface area contributed by atoms with Crippen LogP contribution in [0.15, 0.2) is 59.5 Å². The summed E-state index contributed by atoms with van der Waals surface area (Å²) in [5, 5.41) is 0. The van der Waals surface area contributed by atoms with Gasteiger partial charge in [0, 0.05) is 24.7 Å². The topological polar surface area (TPSA) is 80.8 Å². The summed E-state index contributed by atoms with van der Waals surface area (Å²) < 4.78 is 31.3. The van der Waals surface area contributed by atoms with Crippen molar-refractivity contribution in [2.24, 2.45) is 0 Å². The fraction of sp³-hybridized carbons (Fsp3) is 0.304. The summed E-state index contributed by atoms with van der Waals surface area (Å²) in [5.41, 5.74) is 2.27. The van der Waals surface area contributed by atoms with Crippen LogP contribution < -0.4 is 0 Å². The monoisotopic (exact) mass is 429 g/mol. The molecule has 0 spiro atoms. The number of rotatable bonds is 10. The third-order valence-electron chi connectivity index (χ3n) is 4.66. The molecule has 0 aliphatic heterocycles.